The average Bonchev–Trinajstić information content (AvgIpc) is 2.67. The summed E-state index contributed by atoms with van der Waals surface area (Å²) in [4.78, 5) is 28.1. The molecule has 6 heteroatoms. The van der Waals surface area contributed by atoms with Gasteiger partial charge in [0.2, 0.25) is 0 Å². The highest BCUT2D eigenvalue weighted by molar-refractivity contribution is 6.52. The third-order valence-corrected chi connectivity index (χ3v) is 3.33. The summed E-state index contributed by atoms with van der Waals surface area (Å²) in [5, 5.41) is 3.46. The smallest absolute Gasteiger partial charge is 0.299 e. The van der Waals surface area contributed by atoms with Crippen LogP contribution in [0, 0.1) is 6.92 Å². The van der Waals surface area contributed by atoms with E-state index in [1.165, 1.54) is 0 Å². The van der Waals surface area contributed by atoms with Crippen molar-refractivity contribution in [2.75, 3.05) is 18.0 Å². The fraction of sp³-hybridized carbons (Fsp3) is 0.429. The summed E-state index contributed by atoms with van der Waals surface area (Å²) in [6, 6.07) is 5.49. The van der Waals surface area contributed by atoms with E-state index in [-0.39, 0.29) is 0 Å². The summed E-state index contributed by atoms with van der Waals surface area (Å²) >= 11 is 0. The van der Waals surface area contributed by atoms with E-state index in [4.69, 9.17) is 5.53 Å². The SMILES string of the molecule is Cc1ccc2c(c1)C(=O)C(=O)N2CCCCCN=[N+]=[N-]. The summed E-state index contributed by atoms with van der Waals surface area (Å²) in [5.41, 5.74) is 10.3. The molecule has 1 aromatic carbocycles. The van der Waals surface area contributed by atoms with Gasteiger partial charge < -0.3 is 4.90 Å². The van der Waals surface area contributed by atoms with Crippen LogP contribution in [0.5, 0.6) is 0 Å². The molecule has 0 saturated carbocycles. The third-order valence-electron chi connectivity index (χ3n) is 3.33. The molecule has 1 aromatic rings. The largest absolute Gasteiger partial charge is 0.305 e. The molecule has 104 valence electrons. The van der Waals surface area contributed by atoms with Gasteiger partial charge in [-0.1, -0.05) is 23.2 Å². The molecule has 1 amide bonds. The Labute approximate surface area is 117 Å². The predicted molar refractivity (Wildman–Crippen MR) is 75.7 cm³/mol. The van der Waals surface area contributed by atoms with Crippen molar-refractivity contribution in [1.29, 1.82) is 0 Å². The number of amides is 1. The Morgan fingerprint density at radius 3 is 2.80 bits per heavy atom. The number of anilines is 1. The molecule has 1 aliphatic heterocycles. The van der Waals surface area contributed by atoms with Crippen LogP contribution in [0.3, 0.4) is 0 Å². The van der Waals surface area contributed by atoms with Gasteiger partial charge in [0.1, 0.15) is 0 Å². The van der Waals surface area contributed by atoms with Crippen LogP contribution in [0.25, 0.3) is 10.4 Å². The highest BCUT2D eigenvalue weighted by Gasteiger charge is 2.35. The van der Waals surface area contributed by atoms with Crippen LogP contribution in [0.15, 0.2) is 23.3 Å². The van der Waals surface area contributed by atoms with Gasteiger partial charge in [-0.05, 0) is 37.4 Å². The maximum atomic E-state index is 11.9. The first-order valence-electron chi connectivity index (χ1n) is 6.63. The second-order valence-electron chi connectivity index (χ2n) is 4.82. The number of azide groups is 1. The molecular weight excluding hydrogens is 256 g/mol. The molecule has 0 spiro atoms. The number of rotatable bonds is 6. The van der Waals surface area contributed by atoms with Crippen LogP contribution in [0.2, 0.25) is 0 Å². The van der Waals surface area contributed by atoms with Crippen molar-refractivity contribution >= 4 is 17.4 Å². The van der Waals surface area contributed by atoms with Gasteiger partial charge >= 0.3 is 0 Å². The van der Waals surface area contributed by atoms with Crippen molar-refractivity contribution in [3.05, 3.63) is 39.8 Å². The maximum absolute atomic E-state index is 11.9. The van der Waals surface area contributed by atoms with Crippen LogP contribution < -0.4 is 4.90 Å². The van der Waals surface area contributed by atoms with Gasteiger partial charge in [-0.25, -0.2) is 0 Å². The molecule has 0 atom stereocenters. The number of carbonyl (C=O) groups is 2. The van der Waals surface area contributed by atoms with Crippen LogP contribution in [-0.4, -0.2) is 24.8 Å². The van der Waals surface area contributed by atoms with E-state index in [0.29, 0.717) is 24.3 Å². The predicted octanol–water partition coefficient (Wildman–Crippen LogP) is 3.00. The second-order valence-corrected chi connectivity index (χ2v) is 4.82. The Hall–Kier alpha value is -2.33. The molecule has 0 N–H and O–H groups in total. The molecule has 0 aliphatic carbocycles. The van der Waals surface area contributed by atoms with Crippen LogP contribution >= 0.6 is 0 Å². The Balaban J connectivity index is 1.98. The molecule has 0 saturated heterocycles. The average molecular weight is 272 g/mol. The highest BCUT2D eigenvalue weighted by Crippen LogP contribution is 2.29. The first-order chi connectivity index (χ1) is 9.65. The summed E-state index contributed by atoms with van der Waals surface area (Å²) in [6.45, 7) is 2.90. The zero-order chi connectivity index (χ0) is 14.5. The van der Waals surface area contributed by atoms with Gasteiger partial charge in [-0.2, -0.15) is 0 Å². The summed E-state index contributed by atoms with van der Waals surface area (Å²) in [5.74, 6) is -0.863. The van der Waals surface area contributed by atoms with E-state index in [1.807, 2.05) is 19.1 Å². The topological polar surface area (TPSA) is 86.1 Å². The van der Waals surface area contributed by atoms with Gasteiger partial charge in [-0.3, -0.25) is 9.59 Å². The first kappa shape index (κ1) is 14.1. The number of carbonyl (C=O) groups excluding carboxylic acids is 2. The molecular formula is C14H16N4O2. The minimum absolute atomic E-state index is 0.419. The number of aryl methyl sites for hydroxylation is 1. The quantitative estimate of drug-likeness (QED) is 0.262. The molecule has 0 bridgehead atoms. The third kappa shape index (κ3) is 2.81. The zero-order valence-electron chi connectivity index (χ0n) is 11.4. The first-order valence-corrected chi connectivity index (χ1v) is 6.63. The highest BCUT2D eigenvalue weighted by atomic mass is 16.2. The molecule has 0 aromatic heterocycles. The van der Waals surface area contributed by atoms with E-state index in [9.17, 15) is 9.59 Å². The number of ketones is 1. The van der Waals surface area contributed by atoms with Gasteiger partial charge in [0.15, 0.2) is 0 Å². The summed E-state index contributed by atoms with van der Waals surface area (Å²) in [6.07, 6.45) is 2.44. The minimum Gasteiger partial charge on any atom is -0.305 e. The molecule has 20 heavy (non-hydrogen) atoms. The fourth-order valence-corrected chi connectivity index (χ4v) is 2.31. The van der Waals surface area contributed by atoms with Crippen molar-refractivity contribution in [3.8, 4) is 0 Å². The molecule has 0 fully saturated rings. The lowest BCUT2D eigenvalue weighted by Gasteiger charge is -2.16. The summed E-state index contributed by atoms with van der Waals surface area (Å²) < 4.78 is 0. The molecule has 6 nitrogen and oxygen atoms in total. The Bertz CT molecular complexity index is 591. The van der Waals surface area contributed by atoms with Crippen LogP contribution in [0.4, 0.5) is 5.69 Å². The monoisotopic (exact) mass is 272 g/mol. The van der Waals surface area contributed by atoms with Crippen molar-refractivity contribution in [2.45, 2.75) is 26.2 Å². The van der Waals surface area contributed by atoms with Crippen molar-refractivity contribution < 1.29 is 9.59 Å². The number of nitrogens with zero attached hydrogens (tertiary/aromatic N) is 4. The van der Waals surface area contributed by atoms with Crippen molar-refractivity contribution in [3.63, 3.8) is 0 Å². The minimum atomic E-state index is -0.444. The normalized spacial score (nSPS) is 13.3. The van der Waals surface area contributed by atoms with E-state index in [1.54, 1.807) is 11.0 Å². The number of unbranched alkanes of at least 4 members (excludes halogenated alkanes) is 2. The lowest BCUT2D eigenvalue weighted by atomic mass is 10.1. The lowest BCUT2D eigenvalue weighted by Crippen LogP contribution is -2.30. The number of fused-ring (bicyclic) bond motifs is 1. The van der Waals surface area contributed by atoms with Crippen molar-refractivity contribution in [1.82, 2.24) is 0 Å². The lowest BCUT2D eigenvalue weighted by molar-refractivity contribution is -0.114. The Morgan fingerprint density at radius 2 is 2.05 bits per heavy atom. The van der Waals surface area contributed by atoms with Gasteiger partial charge in [0, 0.05) is 18.0 Å². The number of Topliss-reactive ketones (excluding diaryl/α,β-unsaturated/α-hetero) is 1. The van der Waals surface area contributed by atoms with E-state index in [0.717, 1.165) is 24.8 Å². The van der Waals surface area contributed by atoms with E-state index < -0.39 is 11.7 Å². The van der Waals surface area contributed by atoms with Gasteiger partial charge in [-0.15, -0.1) is 0 Å². The molecule has 1 aliphatic rings. The van der Waals surface area contributed by atoms with Crippen LogP contribution in [0.1, 0.15) is 35.2 Å². The van der Waals surface area contributed by atoms with Crippen LogP contribution in [-0.2, 0) is 4.79 Å². The second kappa shape index (κ2) is 6.21. The zero-order valence-corrected chi connectivity index (χ0v) is 11.4. The number of hydrogen-bond donors (Lipinski definition) is 0. The molecule has 0 unspecified atom stereocenters. The maximum Gasteiger partial charge on any atom is 0.299 e. The van der Waals surface area contributed by atoms with Gasteiger partial charge in [0.05, 0.1) is 11.3 Å². The van der Waals surface area contributed by atoms with Crippen molar-refractivity contribution in [2.24, 2.45) is 5.11 Å². The summed E-state index contributed by atoms with van der Waals surface area (Å²) in [7, 11) is 0. The molecule has 1 heterocycles. The molecule has 0 radical (unpaired) electrons. The Kier molecular flexibility index (Phi) is 4.38. The number of benzene rings is 1. The molecule has 2 rings (SSSR count). The van der Waals surface area contributed by atoms with E-state index >= 15 is 0 Å². The number of hydrogen-bond acceptors (Lipinski definition) is 3. The standard InChI is InChI=1S/C14H16N4O2/c1-10-5-6-12-11(9-10)13(19)14(20)18(12)8-4-2-3-7-16-17-15/h5-6,9H,2-4,7-8H2,1H3. The van der Waals surface area contributed by atoms with Gasteiger partial charge in [0.25, 0.3) is 11.7 Å². The Morgan fingerprint density at radius 1 is 1.25 bits per heavy atom. The van der Waals surface area contributed by atoms with E-state index in [2.05, 4.69) is 10.0 Å². The fourth-order valence-electron chi connectivity index (χ4n) is 2.31.